The van der Waals surface area contributed by atoms with Gasteiger partial charge in [0.1, 0.15) is 5.82 Å². The second-order valence-corrected chi connectivity index (χ2v) is 7.59. The first kappa shape index (κ1) is 17.3. The van der Waals surface area contributed by atoms with E-state index in [-0.39, 0.29) is 10.7 Å². The van der Waals surface area contributed by atoms with Gasteiger partial charge < -0.3 is 0 Å². The lowest BCUT2D eigenvalue weighted by Gasteiger charge is -2.03. The first-order valence-electron chi connectivity index (χ1n) is 7.05. The number of sulfonamides is 1. The SMILES string of the molecule is O=S(=O)(N/N=C\c1cn[nH]c1-c1ccc(F)cc1)c1ccc(Br)cc1. The molecule has 2 aromatic carbocycles. The monoisotopic (exact) mass is 422 g/mol. The maximum absolute atomic E-state index is 13.0. The molecular weight excluding hydrogens is 411 g/mol. The number of hydrogen-bond acceptors (Lipinski definition) is 4. The number of benzene rings is 2. The van der Waals surface area contributed by atoms with E-state index in [4.69, 9.17) is 0 Å². The Bertz CT molecular complexity index is 999. The molecule has 128 valence electrons. The third-order valence-corrected chi connectivity index (χ3v) is 5.07. The lowest BCUT2D eigenvalue weighted by atomic mass is 10.1. The molecule has 6 nitrogen and oxygen atoms in total. The zero-order chi connectivity index (χ0) is 17.9. The Kier molecular flexibility index (Phi) is 4.95. The summed E-state index contributed by atoms with van der Waals surface area (Å²) in [6.07, 6.45) is 2.83. The molecule has 0 spiro atoms. The molecule has 2 N–H and O–H groups in total. The van der Waals surface area contributed by atoms with Crippen LogP contribution in [-0.2, 0) is 10.0 Å². The van der Waals surface area contributed by atoms with E-state index in [1.54, 1.807) is 24.3 Å². The molecular formula is C16H12BrFN4O2S. The fourth-order valence-electron chi connectivity index (χ4n) is 2.07. The molecule has 0 radical (unpaired) electrons. The maximum atomic E-state index is 13.0. The van der Waals surface area contributed by atoms with Crippen molar-refractivity contribution in [1.29, 1.82) is 0 Å². The van der Waals surface area contributed by atoms with Gasteiger partial charge in [0.25, 0.3) is 10.0 Å². The van der Waals surface area contributed by atoms with Crippen molar-refractivity contribution in [3.63, 3.8) is 0 Å². The van der Waals surface area contributed by atoms with Gasteiger partial charge in [-0.05, 0) is 48.5 Å². The highest BCUT2D eigenvalue weighted by molar-refractivity contribution is 9.10. The van der Waals surface area contributed by atoms with Gasteiger partial charge in [0.2, 0.25) is 0 Å². The second-order valence-electron chi connectivity index (χ2n) is 5.01. The summed E-state index contributed by atoms with van der Waals surface area (Å²) in [6.45, 7) is 0. The standard InChI is InChI=1S/C16H12BrFN4O2S/c17-13-3-7-15(8-4-13)25(23,24)22-20-10-12-9-19-21-16(12)11-1-5-14(18)6-2-11/h1-10,22H,(H,19,21)/b20-10-. The summed E-state index contributed by atoms with van der Waals surface area (Å²) in [6, 6.07) is 12.0. The minimum Gasteiger partial charge on any atom is -0.277 e. The van der Waals surface area contributed by atoms with Crippen LogP contribution in [0.1, 0.15) is 5.56 Å². The van der Waals surface area contributed by atoms with Crippen molar-refractivity contribution in [2.75, 3.05) is 0 Å². The van der Waals surface area contributed by atoms with Gasteiger partial charge >= 0.3 is 0 Å². The first-order chi connectivity index (χ1) is 12.0. The summed E-state index contributed by atoms with van der Waals surface area (Å²) in [5, 5.41) is 10.5. The van der Waals surface area contributed by atoms with Gasteiger partial charge in [0, 0.05) is 15.6 Å². The average molecular weight is 423 g/mol. The van der Waals surface area contributed by atoms with Crippen molar-refractivity contribution in [3.05, 3.63) is 70.6 Å². The van der Waals surface area contributed by atoms with E-state index < -0.39 is 10.0 Å². The summed E-state index contributed by atoms with van der Waals surface area (Å²) in [7, 11) is -3.76. The predicted molar refractivity (Wildman–Crippen MR) is 96.0 cm³/mol. The molecule has 0 aliphatic heterocycles. The molecule has 1 heterocycles. The Labute approximate surface area is 152 Å². The molecule has 0 amide bonds. The third-order valence-electron chi connectivity index (χ3n) is 3.30. The number of H-pyrrole nitrogens is 1. The fourth-order valence-corrected chi connectivity index (χ4v) is 3.13. The molecule has 0 saturated carbocycles. The number of hydrazone groups is 1. The van der Waals surface area contributed by atoms with E-state index in [0.29, 0.717) is 16.8 Å². The zero-order valence-electron chi connectivity index (χ0n) is 12.6. The largest absolute Gasteiger partial charge is 0.277 e. The summed E-state index contributed by atoms with van der Waals surface area (Å²) >= 11 is 3.25. The normalized spacial score (nSPS) is 11.8. The van der Waals surface area contributed by atoms with Gasteiger partial charge in [0.05, 0.1) is 23.0 Å². The molecule has 0 saturated heterocycles. The second kappa shape index (κ2) is 7.16. The minimum absolute atomic E-state index is 0.0961. The predicted octanol–water partition coefficient (Wildman–Crippen LogP) is 3.29. The van der Waals surface area contributed by atoms with Crippen molar-refractivity contribution >= 4 is 32.2 Å². The van der Waals surface area contributed by atoms with E-state index in [1.807, 2.05) is 0 Å². The van der Waals surface area contributed by atoms with Crippen LogP contribution < -0.4 is 4.83 Å². The van der Waals surface area contributed by atoms with E-state index in [0.717, 1.165) is 4.47 Å². The molecule has 0 unspecified atom stereocenters. The Balaban J connectivity index is 1.78. The molecule has 0 aliphatic carbocycles. The summed E-state index contributed by atoms with van der Waals surface area (Å²) in [4.78, 5) is 2.24. The van der Waals surface area contributed by atoms with Gasteiger partial charge in [-0.25, -0.2) is 9.22 Å². The molecule has 25 heavy (non-hydrogen) atoms. The number of hydrogen-bond donors (Lipinski definition) is 2. The van der Waals surface area contributed by atoms with Gasteiger partial charge in [-0.3, -0.25) is 5.10 Å². The molecule has 9 heteroatoms. The highest BCUT2D eigenvalue weighted by Crippen LogP contribution is 2.20. The Hall–Kier alpha value is -2.52. The van der Waals surface area contributed by atoms with Crippen LogP contribution in [0.2, 0.25) is 0 Å². The number of halogens is 2. The molecule has 3 rings (SSSR count). The van der Waals surface area contributed by atoms with Crippen molar-refractivity contribution < 1.29 is 12.8 Å². The summed E-state index contributed by atoms with van der Waals surface area (Å²) in [5.74, 6) is -0.347. The molecule has 0 aliphatic rings. The van der Waals surface area contributed by atoms with Crippen molar-refractivity contribution in [1.82, 2.24) is 15.0 Å². The van der Waals surface area contributed by atoms with Crippen LogP contribution in [0.4, 0.5) is 4.39 Å². The number of rotatable bonds is 5. The van der Waals surface area contributed by atoms with Crippen molar-refractivity contribution in [3.8, 4) is 11.3 Å². The third kappa shape index (κ3) is 4.12. The number of aromatic amines is 1. The molecule has 1 aromatic heterocycles. The summed E-state index contributed by atoms with van der Waals surface area (Å²) < 4.78 is 38.1. The van der Waals surface area contributed by atoms with Crippen molar-refractivity contribution in [2.45, 2.75) is 4.90 Å². The van der Waals surface area contributed by atoms with Gasteiger partial charge in [-0.2, -0.15) is 18.6 Å². The summed E-state index contributed by atoms with van der Waals surface area (Å²) in [5.41, 5.74) is 1.87. The highest BCUT2D eigenvalue weighted by atomic mass is 79.9. The van der Waals surface area contributed by atoms with E-state index in [9.17, 15) is 12.8 Å². The van der Waals surface area contributed by atoms with Crippen LogP contribution in [0.25, 0.3) is 11.3 Å². The van der Waals surface area contributed by atoms with Crippen molar-refractivity contribution in [2.24, 2.45) is 5.10 Å². The van der Waals surface area contributed by atoms with Gasteiger partial charge in [0.15, 0.2) is 0 Å². The first-order valence-corrected chi connectivity index (χ1v) is 9.33. The smallest absolute Gasteiger partial charge is 0.276 e. The Morgan fingerprint density at radius 3 is 2.48 bits per heavy atom. The van der Waals surface area contributed by atoms with Crippen LogP contribution in [0, 0.1) is 5.82 Å². The van der Waals surface area contributed by atoms with Gasteiger partial charge in [-0.1, -0.05) is 15.9 Å². The van der Waals surface area contributed by atoms with Crippen LogP contribution in [0.3, 0.4) is 0 Å². The lowest BCUT2D eigenvalue weighted by molar-refractivity contribution is 0.584. The number of aromatic nitrogens is 2. The Morgan fingerprint density at radius 2 is 1.80 bits per heavy atom. The van der Waals surface area contributed by atoms with E-state index >= 15 is 0 Å². The lowest BCUT2D eigenvalue weighted by Crippen LogP contribution is -2.18. The fraction of sp³-hybridized carbons (Fsp3) is 0. The molecule has 0 bridgehead atoms. The molecule has 0 atom stereocenters. The zero-order valence-corrected chi connectivity index (χ0v) is 15.1. The molecule has 0 fully saturated rings. The average Bonchev–Trinajstić information content (AvgIpc) is 3.04. The van der Waals surface area contributed by atoms with Crippen LogP contribution in [0.15, 0.2) is 69.2 Å². The number of nitrogens with one attached hydrogen (secondary N) is 2. The Morgan fingerprint density at radius 1 is 1.12 bits per heavy atom. The number of nitrogens with zero attached hydrogens (tertiary/aromatic N) is 2. The topological polar surface area (TPSA) is 87.2 Å². The van der Waals surface area contributed by atoms with Gasteiger partial charge in [-0.15, -0.1) is 0 Å². The van der Waals surface area contributed by atoms with Crippen LogP contribution in [0.5, 0.6) is 0 Å². The van der Waals surface area contributed by atoms with E-state index in [1.165, 1.54) is 36.7 Å². The minimum atomic E-state index is -3.76. The van der Waals surface area contributed by atoms with E-state index in [2.05, 4.69) is 36.1 Å². The quantitative estimate of drug-likeness (QED) is 0.488. The van der Waals surface area contributed by atoms with Crippen LogP contribution in [-0.4, -0.2) is 24.8 Å². The molecule has 3 aromatic rings. The van der Waals surface area contributed by atoms with Crippen LogP contribution >= 0.6 is 15.9 Å². The maximum Gasteiger partial charge on any atom is 0.276 e. The highest BCUT2D eigenvalue weighted by Gasteiger charge is 2.12.